The lowest BCUT2D eigenvalue weighted by atomic mass is 10.1. The van der Waals surface area contributed by atoms with Crippen molar-refractivity contribution in [2.75, 3.05) is 14.2 Å². The summed E-state index contributed by atoms with van der Waals surface area (Å²) in [6, 6.07) is 13.8. The summed E-state index contributed by atoms with van der Waals surface area (Å²) in [7, 11) is -1.46. The quantitative estimate of drug-likeness (QED) is 0.257. The monoisotopic (exact) mass is 522 g/mol. The van der Waals surface area contributed by atoms with E-state index in [1.165, 1.54) is 38.6 Å². The predicted molar refractivity (Wildman–Crippen MR) is 125 cm³/mol. The number of benzene rings is 3. The fraction of sp³-hybridized carbons (Fsp3) is 0.167. The van der Waals surface area contributed by atoms with Gasteiger partial charge in [-0.15, -0.1) is 0 Å². The van der Waals surface area contributed by atoms with E-state index in [-0.39, 0.29) is 17.7 Å². The van der Waals surface area contributed by atoms with Gasteiger partial charge in [0.15, 0.2) is 17.2 Å². The van der Waals surface area contributed by atoms with Crippen LogP contribution in [0.3, 0.4) is 0 Å². The number of rotatable bonds is 9. The molecule has 0 unspecified atom stereocenters. The molecule has 3 rings (SSSR count). The standard InChI is InChI=1S/C24H21F3N2O6S/c1-33-21-12-7-16(13-22(21)34-2)14-23(30)29-28-15-17-5-3-4-6-20(17)35-36(31,32)19-10-8-18(9-11-19)24(25,26)27/h3-13,15H,14H2,1-2H3,(H,29,30). The number of hydrogen-bond donors (Lipinski definition) is 1. The van der Waals surface area contributed by atoms with E-state index in [2.05, 4.69) is 10.5 Å². The lowest BCUT2D eigenvalue weighted by Gasteiger charge is -2.11. The van der Waals surface area contributed by atoms with Crippen molar-refractivity contribution in [2.24, 2.45) is 5.10 Å². The Morgan fingerprint density at radius 3 is 2.25 bits per heavy atom. The molecule has 0 saturated carbocycles. The molecule has 0 aliphatic rings. The van der Waals surface area contributed by atoms with Gasteiger partial charge in [-0.1, -0.05) is 18.2 Å². The van der Waals surface area contributed by atoms with Crippen LogP contribution in [0.5, 0.6) is 17.2 Å². The molecule has 3 aromatic carbocycles. The number of nitrogens with zero attached hydrogens (tertiary/aromatic N) is 1. The van der Waals surface area contributed by atoms with Crippen LogP contribution in [0, 0.1) is 0 Å². The first kappa shape index (κ1) is 26.5. The average Bonchev–Trinajstić information content (AvgIpc) is 2.84. The summed E-state index contributed by atoms with van der Waals surface area (Å²) in [6.07, 6.45) is -3.43. The van der Waals surface area contributed by atoms with Gasteiger partial charge in [0.1, 0.15) is 4.90 Å². The van der Waals surface area contributed by atoms with Crippen LogP contribution >= 0.6 is 0 Å². The zero-order valence-electron chi connectivity index (χ0n) is 19.1. The van der Waals surface area contributed by atoms with Gasteiger partial charge in [-0.2, -0.15) is 26.7 Å². The van der Waals surface area contributed by atoms with Crippen molar-refractivity contribution in [1.82, 2.24) is 5.43 Å². The second kappa shape index (κ2) is 11.1. The van der Waals surface area contributed by atoms with Crippen LogP contribution in [0.4, 0.5) is 13.2 Å². The fourth-order valence-corrected chi connectivity index (χ4v) is 3.98. The molecule has 0 aliphatic carbocycles. The van der Waals surface area contributed by atoms with Crippen molar-refractivity contribution in [3.63, 3.8) is 0 Å². The topological polar surface area (TPSA) is 103 Å². The molecule has 0 radical (unpaired) electrons. The first-order chi connectivity index (χ1) is 17.0. The molecule has 0 saturated heterocycles. The van der Waals surface area contributed by atoms with Crippen molar-refractivity contribution in [1.29, 1.82) is 0 Å². The van der Waals surface area contributed by atoms with Gasteiger partial charge in [-0.3, -0.25) is 4.79 Å². The van der Waals surface area contributed by atoms with Crippen LogP contribution in [-0.2, 0) is 27.5 Å². The van der Waals surface area contributed by atoms with Crippen molar-refractivity contribution >= 4 is 22.2 Å². The Labute approximate surface area is 205 Å². The van der Waals surface area contributed by atoms with E-state index < -0.39 is 32.7 Å². The maximum Gasteiger partial charge on any atom is 0.416 e. The maximum absolute atomic E-state index is 12.7. The molecule has 12 heteroatoms. The molecule has 8 nitrogen and oxygen atoms in total. The van der Waals surface area contributed by atoms with Crippen LogP contribution < -0.4 is 19.1 Å². The average molecular weight is 523 g/mol. The zero-order chi connectivity index (χ0) is 26.3. The second-order valence-electron chi connectivity index (χ2n) is 7.26. The molecular formula is C24H21F3N2O6S. The molecule has 1 N–H and O–H groups in total. The Morgan fingerprint density at radius 2 is 1.61 bits per heavy atom. The SMILES string of the molecule is COc1ccc(CC(=O)NN=Cc2ccccc2OS(=O)(=O)c2ccc(C(F)(F)F)cc2)cc1OC. The van der Waals surface area contributed by atoms with Gasteiger partial charge in [0, 0.05) is 5.56 Å². The summed E-state index contributed by atoms with van der Waals surface area (Å²) in [5.41, 5.74) is 2.20. The number of carbonyl (C=O) groups excluding carboxylic acids is 1. The van der Waals surface area contributed by atoms with Gasteiger partial charge >= 0.3 is 16.3 Å². The minimum Gasteiger partial charge on any atom is -0.493 e. The molecule has 1 amide bonds. The zero-order valence-corrected chi connectivity index (χ0v) is 19.9. The highest BCUT2D eigenvalue weighted by atomic mass is 32.2. The van der Waals surface area contributed by atoms with Crippen molar-refractivity contribution in [2.45, 2.75) is 17.5 Å². The smallest absolute Gasteiger partial charge is 0.416 e. The van der Waals surface area contributed by atoms with Gasteiger partial charge in [-0.05, 0) is 54.1 Å². The lowest BCUT2D eigenvalue weighted by Crippen LogP contribution is -2.20. The fourth-order valence-electron chi connectivity index (χ4n) is 3.03. The van der Waals surface area contributed by atoms with Crippen LogP contribution in [0.15, 0.2) is 76.7 Å². The van der Waals surface area contributed by atoms with Crippen LogP contribution in [0.25, 0.3) is 0 Å². The second-order valence-corrected chi connectivity index (χ2v) is 8.80. The van der Waals surface area contributed by atoms with E-state index in [1.807, 2.05) is 0 Å². The third-order valence-electron chi connectivity index (χ3n) is 4.79. The summed E-state index contributed by atoms with van der Waals surface area (Å²) in [4.78, 5) is 11.8. The van der Waals surface area contributed by atoms with E-state index in [0.717, 1.165) is 12.1 Å². The van der Waals surface area contributed by atoms with E-state index in [0.29, 0.717) is 29.2 Å². The molecule has 36 heavy (non-hydrogen) atoms. The summed E-state index contributed by atoms with van der Waals surface area (Å²) in [5.74, 6) is 0.402. The summed E-state index contributed by atoms with van der Waals surface area (Å²) in [5, 5.41) is 3.84. The van der Waals surface area contributed by atoms with Crippen LogP contribution in [0.2, 0.25) is 0 Å². The molecular weight excluding hydrogens is 501 g/mol. The van der Waals surface area contributed by atoms with Crippen molar-refractivity contribution < 1.29 is 40.0 Å². The highest BCUT2D eigenvalue weighted by Gasteiger charge is 2.31. The molecule has 0 bridgehead atoms. The van der Waals surface area contributed by atoms with E-state index in [1.54, 1.807) is 24.3 Å². The van der Waals surface area contributed by atoms with Crippen molar-refractivity contribution in [3.8, 4) is 17.2 Å². The predicted octanol–water partition coefficient (Wildman–Crippen LogP) is 4.18. The number of hydrazone groups is 1. The first-order valence-electron chi connectivity index (χ1n) is 10.3. The third-order valence-corrected chi connectivity index (χ3v) is 6.04. The molecule has 0 heterocycles. The Kier molecular flexibility index (Phi) is 8.20. The number of hydrogen-bond acceptors (Lipinski definition) is 7. The third kappa shape index (κ3) is 6.75. The molecule has 190 valence electrons. The van der Waals surface area contributed by atoms with Gasteiger partial charge in [-0.25, -0.2) is 5.43 Å². The lowest BCUT2D eigenvalue weighted by molar-refractivity contribution is -0.137. The number of methoxy groups -OCH3 is 2. The summed E-state index contributed by atoms with van der Waals surface area (Å²) < 4.78 is 78.8. The van der Waals surface area contributed by atoms with Crippen molar-refractivity contribution in [3.05, 3.63) is 83.4 Å². The van der Waals surface area contributed by atoms with E-state index >= 15 is 0 Å². The highest BCUT2D eigenvalue weighted by molar-refractivity contribution is 7.87. The number of nitrogens with one attached hydrogen (secondary N) is 1. The Balaban J connectivity index is 1.68. The summed E-state index contributed by atoms with van der Waals surface area (Å²) >= 11 is 0. The number of carbonyl (C=O) groups is 1. The van der Waals surface area contributed by atoms with Gasteiger partial charge < -0.3 is 13.7 Å². The highest BCUT2D eigenvalue weighted by Crippen LogP contribution is 2.30. The molecule has 0 spiro atoms. The normalized spacial score (nSPS) is 11.8. The number of amides is 1. The van der Waals surface area contributed by atoms with Crippen LogP contribution in [0.1, 0.15) is 16.7 Å². The van der Waals surface area contributed by atoms with Gasteiger partial charge in [0.25, 0.3) is 0 Å². The first-order valence-corrected chi connectivity index (χ1v) is 11.7. The van der Waals surface area contributed by atoms with Gasteiger partial charge in [0.05, 0.1) is 32.4 Å². The molecule has 3 aromatic rings. The number of ether oxygens (including phenoxy) is 2. The molecule has 0 fully saturated rings. The van der Waals surface area contributed by atoms with Gasteiger partial charge in [0.2, 0.25) is 5.91 Å². The van der Waals surface area contributed by atoms with E-state index in [4.69, 9.17) is 13.7 Å². The Morgan fingerprint density at radius 1 is 0.944 bits per heavy atom. The largest absolute Gasteiger partial charge is 0.493 e. The number of alkyl halides is 3. The molecule has 0 aliphatic heterocycles. The van der Waals surface area contributed by atoms with Crippen LogP contribution in [-0.4, -0.2) is 34.8 Å². The Hall–Kier alpha value is -4.06. The number of halogens is 3. The minimum absolute atomic E-state index is 0.0157. The maximum atomic E-state index is 12.7. The Bertz CT molecular complexity index is 1360. The number of para-hydroxylation sites is 1. The molecule has 0 aromatic heterocycles. The summed E-state index contributed by atoms with van der Waals surface area (Å²) in [6.45, 7) is 0. The molecule has 0 atom stereocenters. The van der Waals surface area contributed by atoms with E-state index in [9.17, 15) is 26.4 Å². The minimum atomic E-state index is -4.60.